The zero-order valence-electron chi connectivity index (χ0n) is 21.6. The van der Waals surface area contributed by atoms with E-state index >= 15 is 0 Å². The quantitative estimate of drug-likeness (QED) is 0.333. The van der Waals surface area contributed by atoms with Gasteiger partial charge in [-0.05, 0) is 30.1 Å². The van der Waals surface area contributed by atoms with Crippen LogP contribution in [0.15, 0.2) is 89.8 Å². The van der Waals surface area contributed by atoms with Crippen LogP contribution in [0.3, 0.4) is 0 Å². The molecule has 0 fully saturated rings. The first kappa shape index (κ1) is 27.1. The van der Waals surface area contributed by atoms with E-state index in [2.05, 4.69) is 74.0 Å². The number of nitrogens with one attached hydrogen (secondary N) is 1. The molecule has 0 bridgehead atoms. The van der Waals surface area contributed by atoms with Gasteiger partial charge in [-0.1, -0.05) is 116 Å². The topological polar surface area (TPSA) is 55.4 Å². The molecule has 4 nitrogen and oxygen atoms in total. The second-order valence-corrected chi connectivity index (χ2v) is 16.3. The molecular weight excluding hydrogens is 470 g/mol. The van der Waals surface area contributed by atoms with Gasteiger partial charge in [-0.2, -0.15) is 0 Å². The standard InChI is InChI=1S/C29H37NO3SSi/c1-22-17-19-24(20-18-22)34(32)30-27(23(2)28(31)33-6)21-35(29(3,4)5,25-13-9-7-10-14-25)26-15-11-8-12-16-26/h7-20,23,27,30H,21H2,1-6H3/t23-,27-,34?/m0/s1. The molecule has 0 aliphatic heterocycles. The Morgan fingerprint density at radius 2 is 1.40 bits per heavy atom. The fourth-order valence-electron chi connectivity index (χ4n) is 4.89. The lowest BCUT2D eigenvalue weighted by atomic mass is 10.1. The number of carbonyl (C=O) groups is 1. The molecule has 0 aliphatic carbocycles. The predicted molar refractivity (Wildman–Crippen MR) is 148 cm³/mol. The minimum absolute atomic E-state index is 0.0865. The number of ether oxygens (including phenoxy) is 1. The Morgan fingerprint density at radius 1 is 0.914 bits per heavy atom. The molecule has 186 valence electrons. The normalized spacial score (nSPS) is 14.7. The average Bonchev–Trinajstić information content (AvgIpc) is 2.86. The van der Waals surface area contributed by atoms with Crippen LogP contribution < -0.4 is 15.1 Å². The van der Waals surface area contributed by atoms with Gasteiger partial charge in [-0.15, -0.1) is 0 Å². The van der Waals surface area contributed by atoms with E-state index in [9.17, 15) is 9.00 Å². The highest BCUT2D eigenvalue weighted by Gasteiger charge is 2.50. The minimum atomic E-state index is -2.52. The second-order valence-electron chi connectivity index (χ2n) is 10.2. The SMILES string of the molecule is COC(=O)[C@@H](C)[C@H](C[Si](c1ccccc1)(c1ccccc1)C(C)(C)C)NS(=O)c1ccc(C)cc1. The molecule has 0 saturated carbocycles. The zero-order chi connectivity index (χ0) is 25.6. The molecule has 0 aliphatic rings. The number of carbonyl (C=O) groups excluding carboxylic acids is 1. The average molecular weight is 508 g/mol. The van der Waals surface area contributed by atoms with Gasteiger partial charge in [0.15, 0.2) is 0 Å². The number of rotatable bonds is 9. The van der Waals surface area contributed by atoms with Gasteiger partial charge in [0.25, 0.3) is 0 Å². The highest BCUT2D eigenvalue weighted by molar-refractivity contribution is 7.83. The Balaban J connectivity index is 2.14. The van der Waals surface area contributed by atoms with Crippen LogP contribution in [0.25, 0.3) is 0 Å². The van der Waals surface area contributed by atoms with Crippen molar-refractivity contribution in [2.75, 3.05) is 7.11 Å². The summed E-state index contributed by atoms with van der Waals surface area (Å²) < 4.78 is 21.9. The van der Waals surface area contributed by atoms with E-state index in [-0.39, 0.29) is 17.0 Å². The maximum absolute atomic E-state index is 13.5. The molecule has 0 saturated heterocycles. The van der Waals surface area contributed by atoms with E-state index in [0.29, 0.717) is 10.9 Å². The van der Waals surface area contributed by atoms with Crippen molar-refractivity contribution in [1.29, 1.82) is 0 Å². The number of benzene rings is 3. The van der Waals surface area contributed by atoms with Gasteiger partial charge in [0.2, 0.25) is 0 Å². The number of hydrogen-bond donors (Lipinski definition) is 1. The lowest BCUT2D eigenvalue weighted by Gasteiger charge is -2.46. The summed E-state index contributed by atoms with van der Waals surface area (Å²) in [4.78, 5) is 13.5. The molecule has 1 unspecified atom stereocenters. The lowest BCUT2D eigenvalue weighted by Crippen LogP contribution is -2.67. The van der Waals surface area contributed by atoms with E-state index < -0.39 is 25.0 Å². The zero-order valence-corrected chi connectivity index (χ0v) is 23.4. The highest BCUT2D eigenvalue weighted by Crippen LogP contribution is 2.40. The van der Waals surface area contributed by atoms with Gasteiger partial charge in [0.05, 0.1) is 17.9 Å². The minimum Gasteiger partial charge on any atom is -0.469 e. The van der Waals surface area contributed by atoms with Crippen molar-refractivity contribution in [2.24, 2.45) is 5.92 Å². The second kappa shape index (κ2) is 11.5. The molecule has 3 aromatic rings. The smallest absolute Gasteiger partial charge is 0.309 e. The van der Waals surface area contributed by atoms with Gasteiger partial charge >= 0.3 is 5.97 Å². The largest absolute Gasteiger partial charge is 0.469 e. The monoisotopic (exact) mass is 507 g/mol. The summed E-state index contributed by atoms with van der Waals surface area (Å²) >= 11 is 0. The Kier molecular flexibility index (Phi) is 8.86. The van der Waals surface area contributed by atoms with Crippen molar-refractivity contribution in [2.45, 2.75) is 56.6 Å². The maximum atomic E-state index is 13.5. The van der Waals surface area contributed by atoms with Crippen molar-refractivity contribution in [3.05, 3.63) is 90.5 Å². The van der Waals surface area contributed by atoms with Crippen LogP contribution in [-0.4, -0.2) is 31.4 Å². The van der Waals surface area contributed by atoms with Crippen LogP contribution in [0.4, 0.5) is 0 Å². The summed E-state index contributed by atoms with van der Waals surface area (Å²) in [5.41, 5.74) is 1.11. The molecule has 3 rings (SSSR count). The summed E-state index contributed by atoms with van der Waals surface area (Å²) in [7, 11) is -2.57. The van der Waals surface area contributed by atoms with Crippen LogP contribution in [-0.2, 0) is 20.5 Å². The molecule has 1 N–H and O–H groups in total. The summed E-state index contributed by atoms with van der Waals surface area (Å²) in [6.45, 7) is 10.7. The molecule has 6 heteroatoms. The van der Waals surface area contributed by atoms with E-state index in [1.54, 1.807) is 0 Å². The van der Waals surface area contributed by atoms with Crippen LogP contribution >= 0.6 is 0 Å². The molecule has 3 aromatic carbocycles. The summed E-state index contributed by atoms with van der Waals surface area (Å²) in [5, 5.41) is 2.50. The van der Waals surface area contributed by atoms with E-state index in [0.717, 1.165) is 5.56 Å². The number of esters is 1. The van der Waals surface area contributed by atoms with Crippen molar-refractivity contribution in [3.63, 3.8) is 0 Å². The van der Waals surface area contributed by atoms with Crippen molar-refractivity contribution in [3.8, 4) is 0 Å². The number of aryl methyl sites for hydroxylation is 1. The van der Waals surface area contributed by atoms with Crippen LogP contribution in [0.5, 0.6) is 0 Å². The molecule has 0 spiro atoms. The lowest BCUT2D eigenvalue weighted by molar-refractivity contribution is -0.145. The van der Waals surface area contributed by atoms with E-state index in [1.165, 1.54) is 17.5 Å². The summed E-state index contributed by atoms with van der Waals surface area (Å²) in [6, 6.07) is 29.3. The van der Waals surface area contributed by atoms with Gasteiger partial charge < -0.3 is 4.74 Å². The van der Waals surface area contributed by atoms with Gasteiger partial charge in [0.1, 0.15) is 19.1 Å². The van der Waals surface area contributed by atoms with Gasteiger partial charge in [0, 0.05) is 6.04 Å². The maximum Gasteiger partial charge on any atom is 0.309 e. The van der Waals surface area contributed by atoms with Crippen LogP contribution in [0.1, 0.15) is 33.3 Å². The molecule has 35 heavy (non-hydrogen) atoms. The predicted octanol–water partition coefficient (Wildman–Crippen LogP) is 4.85. The highest BCUT2D eigenvalue weighted by atomic mass is 32.2. The van der Waals surface area contributed by atoms with Gasteiger partial charge in [-0.3, -0.25) is 4.79 Å². The number of methoxy groups -OCH3 is 1. The fraction of sp³-hybridized carbons (Fsp3) is 0.345. The van der Waals surface area contributed by atoms with E-state index in [4.69, 9.17) is 4.74 Å². The Bertz CT molecular complexity index is 1090. The fourth-order valence-corrected chi connectivity index (χ4v) is 11.9. The summed E-state index contributed by atoms with van der Waals surface area (Å²) in [6.07, 6.45) is 0. The molecule has 0 radical (unpaired) electrons. The first-order valence-corrected chi connectivity index (χ1v) is 15.4. The van der Waals surface area contributed by atoms with E-state index in [1.807, 2.05) is 50.2 Å². The molecule has 3 atom stereocenters. The summed E-state index contributed by atoms with van der Waals surface area (Å²) in [5.74, 6) is -0.780. The third-order valence-corrected chi connectivity index (χ3v) is 14.5. The molecule has 0 amide bonds. The van der Waals surface area contributed by atoms with Crippen LogP contribution in [0.2, 0.25) is 11.1 Å². The van der Waals surface area contributed by atoms with Crippen LogP contribution in [0, 0.1) is 12.8 Å². The third-order valence-electron chi connectivity index (χ3n) is 7.01. The molecule has 0 heterocycles. The van der Waals surface area contributed by atoms with Crippen molar-refractivity contribution >= 4 is 35.4 Å². The molecule has 0 aromatic heterocycles. The van der Waals surface area contributed by atoms with Gasteiger partial charge in [-0.25, -0.2) is 8.93 Å². The molecular formula is C29H37NO3SSi. The third kappa shape index (κ3) is 6.00. The van der Waals surface area contributed by atoms with Crippen molar-refractivity contribution < 1.29 is 13.7 Å². The Hall–Kier alpha value is -2.54. The first-order valence-electron chi connectivity index (χ1n) is 12.0. The number of hydrogen-bond acceptors (Lipinski definition) is 3. The first-order chi connectivity index (χ1) is 16.6. The Morgan fingerprint density at radius 3 is 1.83 bits per heavy atom. The van der Waals surface area contributed by atoms with Crippen molar-refractivity contribution in [1.82, 2.24) is 4.72 Å². The Labute approximate surface area is 213 Å².